The van der Waals surface area contributed by atoms with Gasteiger partial charge in [-0.25, -0.2) is 14.8 Å². The van der Waals surface area contributed by atoms with E-state index in [1.807, 2.05) is 0 Å². The van der Waals surface area contributed by atoms with Crippen LogP contribution in [0.15, 0.2) is 18.3 Å². The Bertz CT molecular complexity index is 1420. The molecule has 3 amide bonds. The number of nitriles is 1. The number of carbonyl (C=O) groups is 3. The Balaban J connectivity index is 1.50. The molecule has 4 heterocycles. The van der Waals surface area contributed by atoms with E-state index in [2.05, 4.69) is 32.6 Å². The Hall–Kier alpha value is -4.48. The number of likely N-dealkylation sites (N-methyl/N-ethyl adjacent to an activating group) is 1. The summed E-state index contributed by atoms with van der Waals surface area (Å²) in [5.74, 6) is 2.80. The predicted octanol–water partition coefficient (Wildman–Crippen LogP) is 2.24. The molecule has 2 aliphatic heterocycles. The Morgan fingerprint density at radius 1 is 1.34 bits per heavy atom. The van der Waals surface area contributed by atoms with E-state index in [9.17, 15) is 19.6 Å². The number of aldehydes is 1. The third-order valence-electron chi connectivity index (χ3n) is 6.38. The summed E-state index contributed by atoms with van der Waals surface area (Å²) in [6.07, 6.45) is 9.83. The van der Waals surface area contributed by atoms with E-state index < -0.39 is 13.0 Å². The van der Waals surface area contributed by atoms with E-state index >= 15 is 0 Å². The van der Waals surface area contributed by atoms with Crippen LogP contribution in [0.4, 0.5) is 22.1 Å². The number of unbranched alkanes of at least 4 members (excludes halogenated alkanes) is 1. The molecule has 0 aromatic carbocycles. The van der Waals surface area contributed by atoms with Crippen LogP contribution in [0.5, 0.6) is 0 Å². The highest BCUT2D eigenvalue weighted by atomic mass is 16.2. The van der Waals surface area contributed by atoms with Crippen LogP contribution in [0.1, 0.15) is 50.6 Å². The first kappa shape index (κ1) is 22.7. The number of carbonyl (C=O) groups excluding carboxylic acids is 3. The first-order chi connectivity index (χ1) is 19.6. The van der Waals surface area contributed by atoms with Gasteiger partial charge >= 0.3 is 6.03 Å². The molecule has 38 heavy (non-hydrogen) atoms. The van der Waals surface area contributed by atoms with Crippen molar-refractivity contribution < 1.29 is 18.5 Å². The van der Waals surface area contributed by atoms with Crippen molar-refractivity contribution in [2.45, 2.75) is 32.2 Å². The number of fused-ring (bicyclic) bond motifs is 1. The van der Waals surface area contributed by atoms with Gasteiger partial charge in [0.1, 0.15) is 23.4 Å². The summed E-state index contributed by atoms with van der Waals surface area (Å²) < 4.78 is 22.6. The SMILES string of the molecule is [2H]C([2H])([2H])N1CCN(Cc2cc3c(nc2C=O)N(C(=O)Nc2cc(NCCCC#C)c(C#N)cn2)CCC3)C(=O)C1. The van der Waals surface area contributed by atoms with Gasteiger partial charge in [0.05, 0.1) is 17.8 Å². The lowest BCUT2D eigenvalue weighted by molar-refractivity contribution is -0.136. The summed E-state index contributed by atoms with van der Waals surface area (Å²) in [5, 5.41) is 15.3. The van der Waals surface area contributed by atoms with E-state index in [0.29, 0.717) is 61.3 Å². The normalized spacial score (nSPS) is 16.8. The van der Waals surface area contributed by atoms with E-state index in [1.54, 1.807) is 12.1 Å². The molecule has 1 fully saturated rings. The second-order valence-electron chi connectivity index (χ2n) is 9.02. The molecule has 2 aromatic heterocycles. The number of hydrogen-bond acceptors (Lipinski definition) is 8. The number of aromatic nitrogens is 2. The Morgan fingerprint density at radius 3 is 2.95 bits per heavy atom. The number of rotatable bonds is 8. The number of terminal acetylenes is 1. The second-order valence-corrected chi connectivity index (χ2v) is 9.02. The van der Waals surface area contributed by atoms with Gasteiger partial charge < -0.3 is 10.2 Å². The minimum atomic E-state index is -2.35. The molecule has 2 aliphatic rings. The maximum atomic E-state index is 13.3. The van der Waals surface area contributed by atoms with E-state index in [-0.39, 0.29) is 43.6 Å². The number of piperazine rings is 1. The summed E-state index contributed by atoms with van der Waals surface area (Å²) in [6.45, 7) is -1.15. The molecular formula is C27H30N8O3. The van der Waals surface area contributed by atoms with Gasteiger partial charge in [0.2, 0.25) is 5.91 Å². The van der Waals surface area contributed by atoms with Gasteiger partial charge in [-0.3, -0.25) is 24.7 Å². The van der Waals surface area contributed by atoms with Gasteiger partial charge in [0, 0.05) is 61.1 Å². The van der Waals surface area contributed by atoms with Crippen molar-refractivity contribution >= 4 is 35.5 Å². The van der Waals surface area contributed by atoms with Crippen molar-refractivity contribution in [2.75, 3.05) is 55.2 Å². The minimum Gasteiger partial charge on any atom is -0.384 e. The summed E-state index contributed by atoms with van der Waals surface area (Å²) in [6, 6.07) is 4.94. The topological polar surface area (TPSA) is 135 Å². The Kier molecular flexibility index (Phi) is 7.27. The highest BCUT2D eigenvalue weighted by Gasteiger charge is 2.28. The lowest BCUT2D eigenvalue weighted by Gasteiger charge is -2.33. The zero-order valence-corrected chi connectivity index (χ0v) is 20.9. The standard InChI is InChI=1S/C27H30N8O3/c1-3-4-5-8-29-22-13-24(30-15-21(22)14-28)32-27(38)35-9-6-7-19-12-20(23(18-36)31-26(19)35)16-34-11-10-33(2)17-25(34)37/h1,12-13,15,18H,4-11,16-17H2,2H3,(H2,29,30,32,38)/i2D3. The molecule has 0 atom stereocenters. The molecule has 0 spiro atoms. The highest BCUT2D eigenvalue weighted by Crippen LogP contribution is 2.29. The van der Waals surface area contributed by atoms with Crippen LogP contribution in [0, 0.1) is 23.7 Å². The lowest BCUT2D eigenvalue weighted by atomic mass is 10.0. The van der Waals surface area contributed by atoms with Crippen LogP contribution >= 0.6 is 0 Å². The molecule has 11 heteroatoms. The summed E-state index contributed by atoms with van der Waals surface area (Å²) in [4.78, 5) is 50.7. The van der Waals surface area contributed by atoms with Crippen LogP contribution in [0.2, 0.25) is 0 Å². The average molecular weight is 518 g/mol. The van der Waals surface area contributed by atoms with E-state index in [4.69, 9.17) is 10.5 Å². The first-order valence-corrected chi connectivity index (χ1v) is 12.3. The number of urea groups is 1. The van der Waals surface area contributed by atoms with Crippen molar-refractivity contribution in [2.24, 2.45) is 0 Å². The fourth-order valence-corrected chi connectivity index (χ4v) is 4.42. The smallest absolute Gasteiger partial charge is 0.328 e. The van der Waals surface area contributed by atoms with Gasteiger partial charge in [0.25, 0.3) is 0 Å². The summed E-state index contributed by atoms with van der Waals surface area (Å²) >= 11 is 0. The fraction of sp³-hybridized carbons (Fsp3) is 0.407. The molecule has 4 rings (SSSR count). The molecule has 2 aromatic rings. The number of nitrogens with one attached hydrogen (secondary N) is 2. The van der Waals surface area contributed by atoms with Gasteiger partial charge in [-0.2, -0.15) is 5.26 Å². The number of hydrogen-bond donors (Lipinski definition) is 2. The van der Waals surface area contributed by atoms with Crippen LogP contribution < -0.4 is 15.5 Å². The van der Waals surface area contributed by atoms with Crippen LogP contribution in [-0.2, 0) is 17.8 Å². The van der Waals surface area contributed by atoms with Gasteiger partial charge in [-0.05, 0) is 37.9 Å². The first-order valence-electron chi connectivity index (χ1n) is 13.8. The largest absolute Gasteiger partial charge is 0.384 e. The molecule has 0 aliphatic carbocycles. The minimum absolute atomic E-state index is 0.101. The monoisotopic (exact) mass is 517 g/mol. The Morgan fingerprint density at radius 2 is 2.21 bits per heavy atom. The molecule has 0 bridgehead atoms. The molecule has 0 radical (unpaired) electrons. The summed E-state index contributed by atoms with van der Waals surface area (Å²) in [7, 11) is 0. The summed E-state index contributed by atoms with van der Waals surface area (Å²) in [5.41, 5.74) is 2.24. The average Bonchev–Trinajstić information content (AvgIpc) is 2.95. The molecular weight excluding hydrogens is 484 g/mol. The molecule has 11 nitrogen and oxygen atoms in total. The number of pyridine rings is 2. The van der Waals surface area contributed by atoms with Gasteiger partial charge in [0.15, 0.2) is 6.29 Å². The zero-order valence-electron chi connectivity index (χ0n) is 23.9. The number of nitrogens with zero attached hydrogens (tertiary/aromatic N) is 6. The molecule has 1 saturated heterocycles. The third kappa shape index (κ3) is 6.07. The molecule has 196 valence electrons. The van der Waals surface area contributed by atoms with E-state index in [1.165, 1.54) is 16.0 Å². The number of amides is 3. The second kappa shape index (κ2) is 12.2. The van der Waals surface area contributed by atoms with Crippen molar-refractivity contribution in [1.29, 1.82) is 5.26 Å². The molecule has 0 unspecified atom stereocenters. The maximum Gasteiger partial charge on any atom is 0.328 e. The van der Waals surface area contributed by atoms with Crippen LogP contribution in [-0.4, -0.2) is 77.7 Å². The highest BCUT2D eigenvalue weighted by molar-refractivity contribution is 6.01. The number of anilines is 3. The van der Waals surface area contributed by atoms with Crippen LogP contribution in [0.3, 0.4) is 0 Å². The zero-order chi connectivity index (χ0) is 29.6. The lowest BCUT2D eigenvalue weighted by Crippen LogP contribution is -2.48. The Labute approximate surface area is 226 Å². The fourth-order valence-electron chi connectivity index (χ4n) is 4.42. The molecule has 2 N–H and O–H groups in total. The third-order valence-corrected chi connectivity index (χ3v) is 6.38. The van der Waals surface area contributed by atoms with Crippen LogP contribution in [0.25, 0.3) is 0 Å². The van der Waals surface area contributed by atoms with Crippen molar-refractivity contribution in [1.82, 2.24) is 19.8 Å². The van der Waals surface area contributed by atoms with Crippen molar-refractivity contribution in [3.05, 3.63) is 40.7 Å². The van der Waals surface area contributed by atoms with Crippen molar-refractivity contribution in [3.8, 4) is 18.4 Å². The quantitative estimate of drug-likeness (QED) is 0.309. The maximum absolute atomic E-state index is 13.3. The van der Waals surface area contributed by atoms with E-state index in [0.717, 1.165) is 16.9 Å². The van der Waals surface area contributed by atoms with Gasteiger partial charge in [-0.1, -0.05) is 0 Å². The molecule has 0 saturated carbocycles. The van der Waals surface area contributed by atoms with Crippen molar-refractivity contribution in [3.63, 3.8) is 0 Å². The van der Waals surface area contributed by atoms with Gasteiger partial charge in [-0.15, -0.1) is 12.3 Å². The predicted molar refractivity (Wildman–Crippen MR) is 143 cm³/mol. The number of aryl methyl sites for hydroxylation is 1.